The summed E-state index contributed by atoms with van der Waals surface area (Å²) in [6.07, 6.45) is 0. The predicted molar refractivity (Wildman–Crippen MR) is 162 cm³/mol. The van der Waals surface area contributed by atoms with Gasteiger partial charge in [-0.3, -0.25) is 28.8 Å². The zero-order valence-electron chi connectivity index (χ0n) is 22.2. The molecule has 0 atom stereocenters. The summed E-state index contributed by atoms with van der Waals surface area (Å²) >= 11 is 2.27. The maximum absolute atomic E-state index is 13.2. The zero-order chi connectivity index (χ0) is 29.5. The Bertz CT molecular complexity index is 1880. The van der Waals surface area contributed by atoms with E-state index in [1.54, 1.807) is 37.3 Å². The molecule has 0 spiro atoms. The molecule has 12 nitrogen and oxygen atoms in total. The summed E-state index contributed by atoms with van der Waals surface area (Å²) in [6, 6.07) is 0. The van der Waals surface area contributed by atoms with E-state index in [1.165, 1.54) is 55.2 Å². The summed E-state index contributed by atoms with van der Waals surface area (Å²) < 4.78 is 4.15. The molecule has 0 bridgehead atoms. The molecule has 0 saturated carbocycles. The number of hydrogen-bond donors (Lipinski definition) is 3. The van der Waals surface area contributed by atoms with Crippen LogP contribution in [0.5, 0.6) is 0 Å². The number of anilines is 3. The van der Waals surface area contributed by atoms with E-state index in [-0.39, 0.29) is 17.1 Å². The maximum atomic E-state index is 13.2. The smallest absolute Gasteiger partial charge is 0.276 e. The monoisotopic (exact) mass is 620 g/mol. The summed E-state index contributed by atoms with van der Waals surface area (Å²) in [4.78, 5) is 76.4. The molecule has 0 unspecified atom stereocenters. The van der Waals surface area contributed by atoms with Gasteiger partial charge in [0.25, 0.3) is 16.7 Å². The van der Waals surface area contributed by atoms with E-state index in [0.29, 0.717) is 31.7 Å². The molecule has 0 radical (unpaired) electrons. The first kappa shape index (κ1) is 29.1. The second-order valence-electron chi connectivity index (χ2n) is 8.67. The van der Waals surface area contributed by atoms with Gasteiger partial charge in [-0.1, -0.05) is 20.7 Å². The number of nitrogens with one attached hydrogen (secondary N) is 3. The van der Waals surface area contributed by atoms with Crippen molar-refractivity contribution in [2.45, 2.75) is 20.8 Å². The van der Waals surface area contributed by atoms with Gasteiger partial charge in [0.2, 0.25) is 17.7 Å². The van der Waals surface area contributed by atoms with Crippen LogP contribution in [-0.4, -0.2) is 31.4 Å². The van der Waals surface area contributed by atoms with E-state index in [2.05, 4.69) is 16.0 Å². The molecule has 4 heterocycles. The van der Waals surface area contributed by atoms with Gasteiger partial charge < -0.3 is 29.7 Å². The third kappa shape index (κ3) is 5.30. The van der Waals surface area contributed by atoms with Gasteiger partial charge in [-0.2, -0.15) is 0 Å². The molecule has 0 fully saturated rings. The Balaban J connectivity index is 2.22. The highest BCUT2D eigenvalue weighted by atomic mass is 32.9. The third-order valence-corrected chi connectivity index (χ3v) is 9.84. The van der Waals surface area contributed by atoms with Crippen molar-refractivity contribution >= 4 is 78.1 Å². The van der Waals surface area contributed by atoms with Gasteiger partial charge in [0.05, 0.1) is 31.7 Å². The van der Waals surface area contributed by atoms with E-state index in [0.717, 1.165) is 22.7 Å². The van der Waals surface area contributed by atoms with Crippen molar-refractivity contribution in [1.82, 2.24) is 13.7 Å². The fourth-order valence-electron chi connectivity index (χ4n) is 3.89. The highest BCUT2D eigenvalue weighted by Crippen LogP contribution is 2.38. The van der Waals surface area contributed by atoms with Crippen LogP contribution in [-0.2, 0) is 35.5 Å². The van der Waals surface area contributed by atoms with Crippen LogP contribution in [0.4, 0.5) is 17.1 Å². The van der Waals surface area contributed by atoms with Crippen molar-refractivity contribution in [3.63, 3.8) is 0 Å². The first-order valence-electron chi connectivity index (χ1n) is 11.5. The minimum absolute atomic E-state index is 0.0617. The highest BCUT2D eigenvalue weighted by Gasteiger charge is 2.24. The van der Waals surface area contributed by atoms with E-state index in [1.807, 2.05) is 0 Å². The number of hydrogen-bond acceptors (Lipinski definition) is 10. The number of nitrogens with zero attached hydrogens (tertiary/aromatic N) is 3. The Morgan fingerprint density at radius 2 is 0.900 bits per heavy atom. The Kier molecular flexibility index (Phi) is 8.25. The summed E-state index contributed by atoms with van der Waals surface area (Å²) in [6.45, 7) is 3.89. The van der Waals surface area contributed by atoms with Crippen molar-refractivity contribution in [1.29, 1.82) is 0 Å². The number of fused-ring (bicyclic) bond motifs is 3. The standard InChI is InChI=1S/C24H24N6O6S4/c1-10(31)25-16-19-13(28(4)22(16)34)7-37-20-15(30(6)23(35)17(20)26-11(2)32)9-39-40-21-14(8-38-19)29(5)24(36)18(21)27-12(3)33/h7-9H,1-6H3,(H,25,31)(H,26,32)(H,27,33). The van der Waals surface area contributed by atoms with Crippen LogP contribution in [0.15, 0.2) is 30.5 Å². The Morgan fingerprint density at radius 3 is 1.27 bits per heavy atom. The molecule has 0 aromatic carbocycles. The molecule has 3 N–H and O–H groups in total. The van der Waals surface area contributed by atoms with Gasteiger partial charge in [-0.25, -0.2) is 0 Å². The predicted octanol–water partition coefficient (Wildman–Crippen LogP) is 3.47. The number of aromatic nitrogens is 3. The number of carbonyl (C=O) groups excluding carboxylic acids is 3. The lowest BCUT2D eigenvalue weighted by atomic mass is 10.4. The largest absolute Gasteiger partial charge is 0.320 e. The van der Waals surface area contributed by atoms with Crippen molar-refractivity contribution in [3.05, 3.63) is 47.2 Å². The SMILES string of the molecule is CC(=O)Nc1c2scc3n(C)c(=O)c(NC(C)=O)c-3scc3n(C)c(=O)c(NC(C)=O)c-3sscc-2n(C)c1=O. The van der Waals surface area contributed by atoms with Crippen LogP contribution < -0.4 is 32.6 Å². The molecule has 210 valence electrons. The quantitative estimate of drug-likeness (QED) is 0.298. The van der Waals surface area contributed by atoms with Gasteiger partial charge in [-0.05, 0) is 0 Å². The van der Waals surface area contributed by atoms with E-state index in [4.69, 9.17) is 0 Å². The lowest BCUT2D eigenvalue weighted by molar-refractivity contribution is -0.115. The minimum Gasteiger partial charge on any atom is -0.320 e. The van der Waals surface area contributed by atoms with Crippen LogP contribution in [0.2, 0.25) is 0 Å². The van der Waals surface area contributed by atoms with Crippen molar-refractivity contribution in [2.75, 3.05) is 16.0 Å². The molecule has 0 aromatic heterocycles. The van der Waals surface area contributed by atoms with Crippen molar-refractivity contribution in [3.8, 4) is 31.7 Å². The van der Waals surface area contributed by atoms with Crippen LogP contribution in [0.1, 0.15) is 20.8 Å². The molecular formula is C24H24N6O6S4. The average molecular weight is 621 g/mol. The molecule has 4 aliphatic heterocycles. The lowest BCUT2D eigenvalue weighted by Crippen LogP contribution is -2.17. The number of carbonyl (C=O) groups is 3. The molecule has 3 amide bonds. The lowest BCUT2D eigenvalue weighted by Gasteiger charge is -2.01. The molecule has 40 heavy (non-hydrogen) atoms. The second-order valence-corrected chi connectivity index (χ2v) is 12.5. The van der Waals surface area contributed by atoms with E-state index >= 15 is 0 Å². The van der Waals surface area contributed by atoms with Gasteiger partial charge in [-0.15, -0.1) is 22.7 Å². The first-order valence-corrected chi connectivity index (χ1v) is 15.5. The zero-order valence-corrected chi connectivity index (χ0v) is 25.4. The van der Waals surface area contributed by atoms with Crippen LogP contribution >= 0.6 is 43.4 Å². The van der Waals surface area contributed by atoms with Gasteiger partial charge >= 0.3 is 0 Å². The summed E-state index contributed by atoms with van der Waals surface area (Å²) in [7, 11) is 7.12. The average Bonchev–Trinajstić information content (AvgIpc) is 3.33. The Labute approximate surface area is 242 Å². The normalized spacial score (nSPS) is 10.8. The topological polar surface area (TPSA) is 153 Å². The number of amides is 3. The summed E-state index contributed by atoms with van der Waals surface area (Å²) in [5, 5.41) is 12.9. The summed E-state index contributed by atoms with van der Waals surface area (Å²) in [5.74, 6) is -1.28. The van der Waals surface area contributed by atoms with Crippen LogP contribution in [0.25, 0.3) is 31.7 Å². The molecule has 0 aliphatic carbocycles. The molecule has 0 aromatic rings. The molecule has 16 heteroatoms. The number of rotatable bonds is 3. The van der Waals surface area contributed by atoms with E-state index in [9.17, 15) is 28.8 Å². The molecule has 4 rings (SSSR count). The maximum Gasteiger partial charge on any atom is 0.276 e. The summed E-state index contributed by atoms with van der Waals surface area (Å²) in [5.41, 5.74) is 0.359. The Morgan fingerprint density at radius 1 is 0.575 bits per heavy atom. The van der Waals surface area contributed by atoms with Crippen LogP contribution in [0, 0.1) is 0 Å². The van der Waals surface area contributed by atoms with Gasteiger partial charge in [0.15, 0.2) is 0 Å². The molecule has 0 saturated heterocycles. The minimum atomic E-state index is -0.447. The van der Waals surface area contributed by atoms with Crippen molar-refractivity contribution in [2.24, 2.45) is 21.1 Å². The van der Waals surface area contributed by atoms with Crippen molar-refractivity contribution < 1.29 is 14.4 Å². The van der Waals surface area contributed by atoms with Gasteiger partial charge in [0.1, 0.15) is 17.1 Å². The first-order chi connectivity index (χ1) is 18.8. The van der Waals surface area contributed by atoms with E-state index < -0.39 is 34.4 Å². The second kappa shape index (κ2) is 11.3. The molecular weight excluding hydrogens is 597 g/mol. The fraction of sp³-hybridized carbons (Fsp3) is 0.250. The van der Waals surface area contributed by atoms with Gasteiger partial charge in [0, 0.05) is 58.1 Å². The van der Waals surface area contributed by atoms with Crippen LogP contribution in [0.3, 0.4) is 0 Å². The highest BCUT2D eigenvalue weighted by molar-refractivity contribution is 7.69. The molecule has 4 aliphatic rings. The Hall–Kier alpha value is -3.86. The fourth-order valence-corrected chi connectivity index (χ4v) is 8.50. The third-order valence-electron chi connectivity index (χ3n) is 5.79.